The van der Waals surface area contributed by atoms with Crippen molar-refractivity contribution in [3.63, 3.8) is 0 Å². The summed E-state index contributed by atoms with van der Waals surface area (Å²) in [5.74, 6) is -1.78. The predicted molar refractivity (Wildman–Crippen MR) is 110 cm³/mol. The van der Waals surface area contributed by atoms with Gasteiger partial charge in [-0.25, -0.2) is 18.2 Å². The number of hydrogen-bond donors (Lipinski definition) is 2. The summed E-state index contributed by atoms with van der Waals surface area (Å²) in [6, 6.07) is 6.81. The van der Waals surface area contributed by atoms with Crippen LogP contribution in [0, 0.1) is 17.1 Å². The van der Waals surface area contributed by atoms with E-state index in [2.05, 4.69) is 15.3 Å². The van der Waals surface area contributed by atoms with Gasteiger partial charge in [0.05, 0.1) is 17.1 Å². The van der Waals surface area contributed by atoms with Crippen molar-refractivity contribution in [1.29, 1.82) is 5.26 Å². The van der Waals surface area contributed by atoms with E-state index >= 15 is 0 Å². The maximum absolute atomic E-state index is 14.2. The van der Waals surface area contributed by atoms with Crippen LogP contribution in [0.4, 0.5) is 18.9 Å². The van der Waals surface area contributed by atoms with E-state index in [4.69, 9.17) is 27.3 Å². The van der Waals surface area contributed by atoms with E-state index in [0.29, 0.717) is 0 Å². The molecule has 3 N–H and O–H groups in total. The van der Waals surface area contributed by atoms with Crippen molar-refractivity contribution in [2.24, 2.45) is 10.7 Å². The summed E-state index contributed by atoms with van der Waals surface area (Å²) in [5, 5.41) is 11.3. The Morgan fingerprint density at radius 2 is 2.10 bits per heavy atom. The third-order valence-corrected chi connectivity index (χ3v) is 4.52. The second kappa shape index (κ2) is 10.7. The molecule has 0 aliphatic heterocycles. The van der Waals surface area contributed by atoms with Crippen molar-refractivity contribution < 1.29 is 22.7 Å². The number of halogens is 4. The summed E-state index contributed by atoms with van der Waals surface area (Å²) in [7, 11) is 0. The molecule has 1 aromatic carbocycles. The molecule has 0 fully saturated rings. The normalized spacial score (nSPS) is 11.8. The second-order valence-corrected chi connectivity index (χ2v) is 6.73. The molecule has 0 atom stereocenters. The third kappa shape index (κ3) is 5.71. The maximum Gasteiger partial charge on any atom is 0.275 e. The molecular formula is C20H19ClF3N5O2. The van der Waals surface area contributed by atoms with Gasteiger partial charge >= 0.3 is 0 Å². The monoisotopic (exact) mass is 453 g/mol. The molecule has 0 radical (unpaired) electrons. The fourth-order valence-electron chi connectivity index (χ4n) is 2.54. The lowest BCUT2D eigenvalue weighted by Crippen LogP contribution is -2.50. The topological polar surface area (TPSA) is 113 Å². The minimum absolute atomic E-state index is 0.00583. The van der Waals surface area contributed by atoms with Crippen molar-refractivity contribution in [3.05, 3.63) is 58.1 Å². The zero-order valence-electron chi connectivity index (χ0n) is 16.5. The van der Waals surface area contributed by atoms with Crippen LogP contribution < -0.4 is 11.1 Å². The lowest BCUT2D eigenvalue weighted by molar-refractivity contribution is -0.0194. The molecule has 1 amide bonds. The highest BCUT2D eigenvalue weighted by molar-refractivity contribution is 6.34. The molecule has 164 valence electrons. The summed E-state index contributed by atoms with van der Waals surface area (Å²) in [5.41, 5.74) is 3.96. The van der Waals surface area contributed by atoms with Gasteiger partial charge in [0, 0.05) is 24.1 Å². The number of pyridine rings is 1. The minimum Gasteiger partial charge on any atom is -0.385 e. The highest BCUT2D eigenvalue weighted by Gasteiger charge is 2.36. The molecule has 0 saturated carbocycles. The zero-order chi connectivity index (χ0) is 23.0. The number of amidine groups is 1. The Balaban J connectivity index is 2.22. The van der Waals surface area contributed by atoms with Gasteiger partial charge in [-0.3, -0.25) is 9.79 Å². The van der Waals surface area contributed by atoms with Crippen LogP contribution in [0.3, 0.4) is 0 Å². The summed E-state index contributed by atoms with van der Waals surface area (Å²) >= 11 is 5.97. The van der Waals surface area contributed by atoms with Crippen molar-refractivity contribution in [1.82, 2.24) is 4.98 Å². The average molecular weight is 454 g/mol. The van der Waals surface area contributed by atoms with Gasteiger partial charge in [-0.05, 0) is 31.2 Å². The Kier molecular flexibility index (Phi) is 8.36. The molecule has 31 heavy (non-hydrogen) atoms. The van der Waals surface area contributed by atoms with Crippen molar-refractivity contribution in [2.45, 2.75) is 19.1 Å². The average Bonchev–Trinajstić information content (AvgIpc) is 2.77. The number of nitriles is 1. The number of ether oxygens (including phenoxy) is 1. The molecule has 11 heteroatoms. The third-order valence-electron chi connectivity index (χ3n) is 4.23. The number of rotatable bonds is 9. The minimum atomic E-state index is -2.02. The van der Waals surface area contributed by atoms with Gasteiger partial charge in [0.2, 0.25) is 0 Å². The molecule has 0 aliphatic rings. The van der Waals surface area contributed by atoms with Gasteiger partial charge in [-0.2, -0.15) is 5.26 Å². The number of nitrogens with zero attached hydrogens (tertiary/aromatic N) is 3. The number of alkyl halides is 2. The lowest BCUT2D eigenvalue weighted by Gasteiger charge is -2.27. The molecule has 0 unspecified atom stereocenters. The van der Waals surface area contributed by atoms with E-state index in [0.717, 1.165) is 6.07 Å². The van der Waals surface area contributed by atoms with E-state index in [1.54, 1.807) is 6.92 Å². The Morgan fingerprint density at radius 3 is 2.68 bits per heavy atom. The Morgan fingerprint density at radius 1 is 1.39 bits per heavy atom. The number of hydrogen-bond acceptors (Lipinski definition) is 5. The molecular weight excluding hydrogens is 435 g/mol. The quantitative estimate of drug-likeness (QED) is 0.445. The van der Waals surface area contributed by atoms with Gasteiger partial charge in [-0.15, -0.1) is 0 Å². The summed E-state index contributed by atoms with van der Waals surface area (Å²) < 4.78 is 45.9. The largest absolute Gasteiger partial charge is 0.385 e. The Hall–Kier alpha value is -3.16. The summed E-state index contributed by atoms with van der Waals surface area (Å²) in [4.78, 5) is 20.1. The fraction of sp³-hybridized carbons (Fsp3) is 0.300. The maximum atomic E-state index is 14.2. The number of nitrogens with one attached hydrogen (secondary N) is 1. The van der Waals surface area contributed by atoms with E-state index < -0.39 is 36.5 Å². The standard InChI is InChI=1S/C20H19ClF3N5O2/c1-2-31-20(10-22,11-23)19(26)28-9-13-6-14(3-4-16(13)24)29-18(30)17-15(21)5-12(7-25)8-27-17/h3-6,8H,2,9-11H2,1H3,(H2,26,28)(H,29,30). The Bertz CT molecular complexity index is 1020. The molecule has 0 bridgehead atoms. The first kappa shape index (κ1) is 24.1. The van der Waals surface area contributed by atoms with Gasteiger partial charge < -0.3 is 15.8 Å². The van der Waals surface area contributed by atoms with Crippen molar-refractivity contribution in [2.75, 3.05) is 25.3 Å². The van der Waals surface area contributed by atoms with Crippen LogP contribution in [0.2, 0.25) is 5.02 Å². The SMILES string of the molecule is CCOC(CF)(CF)C(N)=NCc1cc(NC(=O)c2ncc(C#N)cc2Cl)ccc1F. The predicted octanol–water partition coefficient (Wildman–Crippen LogP) is 3.57. The number of carbonyl (C=O) groups is 1. The van der Waals surface area contributed by atoms with Crippen LogP contribution in [0.15, 0.2) is 35.5 Å². The second-order valence-electron chi connectivity index (χ2n) is 6.32. The van der Waals surface area contributed by atoms with Crippen LogP contribution in [0.1, 0.15) is 28.5 Å². The molecule has 2 aromatic rings. The van der Waals surface area contributed by atoms with E-state index in [-0.39, 0.29) is 40.7 Å². The molecule has 2 rings (SSSR count). The molecule has 0 aliphatic carbocycles. The summed E-state index contributed by atoms with van der Waals surface area (Å²) in [6.45, 7) is -1.25. The van der Waals surface area contributed by atoms with Crippen molar-refractivity contribution in [3.8, 4) is 6.07 Å². The van der Waals surface area contributed by atoms with Crippen LogP contribution in [0.25, 0.3) is 0 Å². The van der Waals surface area contributed by atoms with Gasteiger partial charge in [0.1, 0.15) is 36.8 Å². The first-order chi connectivity index (χ1) is 14.8. The van der Waals surface area contributed by atoms with Gasteiger partial charge in [0.25, 0.3) is 5.91 Å². The zero-order valence-corrected chi connectivity index (χ0v) is 17.2. The highest BCUT2D eigenvalue weighted by Crippen LogP contribution is 2.20. The van der Waals surface area contributed by atoms with E-state index in [9.17, 15) is 18.0 Å². The fourth-order valence-corrected chi connectivity index (χ4v) is 2.80. The molecule has 0 saturated heterocycles. The number of aliphatic imine (C=N–C) groups is 1. The lowest BCUT2D eigenvalue weighted by atomic mass is 10.1. The van der Waals surface area contributed by atoms with Crippen LogP contribution in [-0.4, -0.2) is 42.3 Å². The first-order valence-electron chi connectivity index (χ1n) is 9.02. The van der Waals surface area contributed by atoms with E-state index in [1.165, 1.54) is 24.4 Å². The first-order valence-corrected chi connectivity index (χ1v) is 9.39. The number of benzene rings is 1. The smallest absolute Gasteiger partial charge is 0.275 e. The number of amides is 1. The van der Waals surface area contributed by atoms with Crippen LogP contribution in [-0.2, 0) is 11.3 Å². The highest BCUT2D eigenvalue weighted by atomic mass is 35.5. The molecule has 1 aromatic heterocycles. The number of nitrogens with two attached hydrogens (primary N) is 1. The molecule has 0 spiro atoms. The number of anilines is 1. The molecule has 7 nitrogen and oxygen atoms in total. The Labute approximate surface area is 181 Å². The van der Waals surface area contributed by atoms with Gasteiger partial charge in [0.15, 0.2) is 5.60 Å². The van der Waals surface area contributed by atoms with E-state index in [1.807, 2.05) is 6.07 Å². The molecule has 1 heterocycles. The van der Waals surface area contributed by atoms with Crippen LogP contribution >= 0.6 is 11.6 Å². The summed E-state index contributed by atoms with van der Waals surface area (Å²) in [6.07, 6.45) is 1.19. The number of carbonyl (C=O) groups excluding carboxylic acids is 1. The van der Waals surface area contributed by atoms with Crippen LogP contribution in [0.5, 0.6) is 0 Å². The van der Waals surface area contributed by atoms with Gasteiger partial charge in [-0.1, -0.05) is 11.6 Å². The van der Waals surface area contributed by atoms with Crippen molar-refractivity contribution >= 4 is 29.0 Å². The number of aromatic nitrogens is 1.